The molecule has 0 saturated carbocycles. The predicted molar refractivity (Wildman–Crippen MR) is 73.2 cm³/mol. The number of anilines is 1. The number of hydrogen-bond acceptors (Lipinski definition) is 4. The summed E-state index contributed by atoms with van der Waals surface area (Å²) in [5, 5.41) is 8.19. The van der Waals surface area contributed by atoms with Crippen LogP contribution in [0.3, 0.4) is 0 Å². The van der Waals surface area contributed by atoms with E-state index in [9.17, 15) is 0 Å². The van der Waals surface area contributed by atoms with E-state index >= 15 is 0 Å². The van der Waals surface area contributed by atoms with Crippen molar-refractivity contribution in [1.82, 2.24) is 10.2 Å². The van der Waals surface area contributed by atoms with Gasteiger partial charge in [-0.05, 0) is 25.8 Å². The smallest absolute Gasteiger partial charge is 0.161 e. The van der Waals surface area contributed by atoms with Crippen LogP contribution in [0.1, 0.15) is 38.2 Å². The zero-order valence-corrected chi connectivity index (χ0v) is 10.9. The van der Waals surface area contributed by atoms with Gasteiger partial charge in [-0.25, -0.2) is 0 Å². The van der Waals surface area contributed by atoms with E-state index in [0.29, 0.717) is 11.0 Å². The fourth-order valence-electron chi connectivity index (χ4n) is 2.32. The molecule has 0 aromatic carbocycles. The zero-order chi connectivity index (χ0) is 12.3. The second-order valence-electron chi connectivity index (χ2n) is 4.52. The van der Waals surface area contributed by atoms with Gasteiger partial charge in [0.15, 0.2) is 5.82 Å². The number of nitrogens with two attached hydrogens (primary N) is 1. The van der Waals surface area contributed by atoms with Crippen LogP contribution in [0.4, 0.5) is 5.82 Å². The van der Waals surface area contributed by atoms with Gasteiger partial charge in [-0.1, -0.05) is 25.1 Å². The minimum atomic E-state index is 0.395. The zero-order valence-electron chi connectivity index (χ0n) is 10.1. The quantitative estimate of drug-likeness (QED) is 0.812. The topological polar surface area (TPSA) is 55.0 Å². The van der Waals surface area contributed by atoms with Gasteiger partial charge in [0.2, 0.25) is 0 Å². The monoisotopic (exact) mass is 250 g/mol. The highest BCUT2D eigenvalue weighted by atomic mass is 32.1. The Hall–Kier alpha value is -1.23. The predicted octanol–water partition coefficient (Wildman–Crippen LogP) is 1.88. The van der Waals surface area contributed by atoms with E-state index < -0.39 is 0 Å². The van der Waals surface area contributed by atoms with Gasteiger partial charge in [0, 0.05) is 12.6 Å². The number of nitrogens with zero attached hydrogens (tertiary/aromatic N) is 3. The van der Waals surface area contributed by atoms with E-state index in [-0.39, 0.29) is 0 Å². The second kappa shape index (κ2) is 5.40. The largest absolute Gasteiger partial charge is 0.389 e. The molecule has 0 spiro atoms. The minimum absolute atomic E-state index is 0.395. The Kier molecular flexibility index (Phi) is 3.89. The van der Waals surface area contributed by atoms with E-state index in [2.05, 4.69) is 22.0 Å². The molecule has 92 valence electrons. The third-order valence-corrected chi connectivity index (χ3v) is 3.51. The third kappa shape index (κ3) is 2.72. The summed E-state index contributed by atoms with van der Waals surface area (Å²) in [6, 6.07) is 2.32. The molecule has 1 saturated heterocycles. The van der Waals surface area contributed by atoms with Gasteiger partial charge in [-0.2, -0.15) is 5.10 Å². The average Bonchev–Trinajstić information content (AvgIpc) is 2.54. The molecule has 2 heterocycles. The van der Waals surface area contributed by atoms with Gasteiger partial charge in [0.25, 0.3) is 0 Å². The first-order valence-electron chi connectivity index (χ1n) is 6.08. The molecule has 1 fully saturated rings. The minimum Gasteiger partial charge on any atom is -0.389 e. The van der Waals surface area contributed by atoms with Crippen LogP contribution in [0.15, 0.2) is 12.3 Å². The summed E-state index contributed by atoms with van der Waals surface area (Å²) in [5.74, 6) is 0.842. The van der Waals surface area contributed by atoms with Gasteiger partial charge in [0.05, 0.1) is 11.8 Å². The third-order valence-electron chi connectivity index (χ3n) is 3.29. The van der Waals surface area contributed by atoms with Gasteiger partial charge in [-0.15, -0.1) is 5.10 Å². The normalized spacial score (nSPS) is 21.0. The average molecular weight is 250 g/mol. The molecule has 1 aromatic heterocycles. The van der Waals surface area contributed by atoms with Crippen LogP contribution in [0.5, 0.6) is 0 Å². The Morgan fingerprint density at radius 3 is 3.06 bits per heavy atom. The van der Waals surface area contributed by atoms with Crippen molar-refractivity contribution in [2.24, 2.45) is 5.73 Å². The molecule has 1 aliphatic heterocycles. The van der Waals surface area contributed by atoms with Crippen molar-refractivity contribution < 1.29 is 0 Å². The van der Waals surface area contributed by atoms with Crippen LogP contribution in [0.2, 0.25) is 0 Å². The summed E-state index contributed by atoms with van der Waals surface area (Å²) in [7, 11) is 0. The molecule has 4 nitrogen and oxygen atoms in total. The molecular formula is C12H18N4S. The fraction of sp³-hybridized carbons (Fsp3) is 0.583. The van der Waals surface area contributed by atoms with Crippen molar-refractivity contribution in [2.45, 2.75) is 38.6 Å². The first-order valence-corrected chi connectivity index (χ1v) is 6.49. The molecule has 17 heavy (non-hydrogen) atoms. The van der Waals surface area contributed by atoms with Crippen molar-refractivity contribution >= 4 is 23.0 Å². The Labute approximate surface area is 107 Å². The molecule has 2 N–H and O–H groups in total. The summed E-state index contributed by atoms with van der Waals surface area (Å²) in [6.07, 6.45) is 6.58. The van der Waals surface area contributed by atoms with E-state index in [4.69, 9.17) is 18.0 Å². The van der Waals surface area contributed by atoms with Crippen LogP contribution >= 0.6 is 12.2 Å². The Morgan fingerprint density at radius 1 is 1.47 bits per heavy atom. The summed E-state index contributed by atoms with van der Waals surface area (Å²) in [6.45, 7) is 3.23. The number of hydrogen-bond donors (Lipinski definition) is 1. The molecule has 1 unspecified atom stereocenters. The lowest BCUT2D eigenvalue weighted by molar-refractivity contribution is 0.608. The molecule has 1 atom stereocenters. The summed E-state index contributed by atoms with van der Waals surface area (Å²) in [4.78, 5) is 2.68. The Bertz CT molecular complexity index is 407. The maximum absolute atomic E-state index is 5.74. The number of thiocarbonyl (C=S) groups is 1. The molecule has 1 aromatic rings. The van der Waals surface area contributed by atoms with Crippen molar-refractivity contribution in [2.75, 3.05) is 11.4 Å². The Balaban J connectivity index is 2.34. The lowest BCUT2D eigenvalue weighted by atomic mass is 10.1. The lowest BCUT2D eigenvalue weighted by Gasteiger charge is -2.29. The van der Waals surface area contributed by atoms with Crippen LogP contribution < -0.4 is 10.6 Å². The van der Waals surface area contributed by atoms with Crippen molar-refractivity contribution in [3.05, 3.63) is 17.8 Å². The molecule has 0 radical (unpaired) electrons. The highest BCUT2D eigenvalue weighted by molar-refractivity contribution is 7.80. The second-order valence-corrected chi connectivity index (χ2v) is 4.96. The maximum Gasteiger partial charge on any atom is 0.161 e. The SMILES string of the molecule is CC1CCCCCN1c1nnccc1C(N)=S. The van der Waals surface area contributed by atoms with E-state index in [1.807, 2.05) is 6.07 Å². The number of rotatable bonds is 2. The summed E-state index contributed by atoms with van der Waals surface area (Å²) in [5.41, 5.74) is 6.58. The highest BCUT2D eigenvalue weighted by Gasteiger charge is 2.21. The molecule has 2 rings (SSSR count). The van der Waals surface area contributed by atoms with E-state index in [1.54, 1.807) is 6.20 Å². The standard InChI is InChI=1S/C12H18N4S/c1-9-5-3-2-4-8-16(9)12-10(11(13)17)6-7-14-15-12/h6-7,9H,2-5,8H2,1H3,(H2,13,17). The van der Waals surface area contributed by atoms with Crippen LogP contribution in [0.25, 0.3) is 0 Å². The summed E-state index contributed by atoms with van der Waals surface area (Å²) < 4.78 is 0. The van der Waals surface area contributed by atoms with Crippen molar-refractivity contribution in [3.8, 4) is 0 Å². The van der Waals surface area contributed by atoms with Gasteiger partial charge in [-0.3, -0.25) is 0 Å². The summed E-state index contributed by atoms with van der Waals surface area (Å²) >= 11 is 5.07. The van der Waals surface area contributed by atoms with E-state index in [0.717, 1.165) is 17.9 Å². The Morgan fingerprint density at radius 2 is 2.29 bits per heavy atom. The molecule has 0 amide bonds. The highest BCUT2D eigenvalue weighted by Crippen LogP contribution is 2.24. The lowest BCUT2D eigenvalue weighted by Crippen LogP contribution is -2.35. The fourth-order valence-corrected chi connectivity index (χ4v) is 2.48. The van der Waals surface area contributed by atoms with E-state index in [1.165, 1.54) is 25.7 Å². The van der Waals surface area contributed by atoms with Gasteiger partial charge >= 0.3 is 0 Å². The molecule has 0 aliphatic carbocycles. The van der Waals surface area contributed by atoms with Crippen LogP contribution in [0, 0.1) is 0 Å². The first-order chi connectivity index (χ1) is 8.20. The van der Waals surface area contributed by atoms with Crippen LogP contribution in [-0.4, -0.2) is 27.8 Å². The molecule has 5 heteroatoms. The number of aromatic nitrogens is 2. The van der Waals surface area contributed by atoms with Gasteiger partial charge in [0.1, 0.15) is 4.99 Å². The van der Waals surface area contributed by atoms with Gasteiger partial charge < -0.3 is 10.6 Å². The first kappa shape index (κ1) is 12.2. The molecule has 0 bridgehead atoms. The van der Waals surface area contributed by atoms with Crippen molar-refractivity contribution in [1.29, 1.82) is 0 Å². The molecular weight excluding hydrogens is 232 g/mol. The van der Waals surface area contributed by atoms with Crippen LogP contribution in [-0.2, 0) is 0 Å². The maximum atomic E-state index is 5.74. The van der Waals surface area contributed by atoms with Crippen molar-refractivity contribution in [3.63, 3.8) is 0 Å². The molecule has 1 aliphatic rings.